The number of nitrogens with zero attached hydrogens (tertiary/aromatic N) is 5. The third-order valence-corrected chi connectivity index (χ3v) is 4.03. The van der Waals surface area contributed by atoms with Crippen LogP contribution in [0.2, 0.25) is 0 Å². The van der Waals surface area contributed by atoms with Crippen LogP contribution in [0.15, 0.2) is 42.7 Å². The zero-order chi connectivity index (χ0) is 15.6. The van der Waals surface area contributed by atoms with E-state index in [1.54, 1.807) is 22.0 Å². The molecular weight excluding hydrogens is 292 g/mol. The molecule has 0 spiro atoms. The van der Waals surface area contributed by atoms with Gasteiger partial charge < -0.3 is 4.90 Å². The summed E-state index contributed by atoms with van der Waals surface area (Å²) < 4.78 is 1.69. The molecule has 116 valence electrons. The molecule has 0 saturated heterocycles. The second kappa shape index (κ2) is 5.68. The number of amides is 1. The fourth-order valence-corrected chi connectivity index (χ4v) is 2.80. The van der Waals surface area contributed by atoms with Gasteiger partial charge in [0.2, 0.25) is 0 Å². The molecule has 3 aromatic rings. The fourth-order valence-electron chi connectivity index (χ4n) is 2.80. The third-order valence-electron chi connectivity index (χ3n) is 4.03. The van der Waals surface area contributed by atoms with Crippen LogP contribution in [0, 0.1) is 0 Å². The summed E-state index contributed by atoms with van der Waals surface area (Å²) in [6.07, 6.45) is 4.28. The summed E-state index contributed by atoms with van der Waals surface area (Å²) >= 11 is 0. The van der Waals surface area contributed by atoms with E-state index < -0.39 is 0 Å². The van der Waals surface area contributed by atoms with E-state index in [4.69, 9.17) is 0 Å². The van der Waals surface area contributed by atoms with Gasteiger partial charge in [-0.15, -0.1) is 5.10 Å². The lowest BCUT2D eigenvalue weighted by Crippen LogP contribution is -2.35. The largest absolute Gasteiger partial charge is 0.332 e. The quantitative estimate of drug-likeness (QED) is 0.789. The van der Waals surface area contributed by atoms with E-state index >= 15 is 0 Å². The molecule has 0 aliphatic carbocycles. The molecule has 1 aliphatic heterocycles. The molecule has 1 N–H and O–H groups in total. The molecule has 0 unspecified atom stereocenters. The molecule has 0 bridgehead atoms. The van der Waals surface area contributed by atoms with Crippen molar-refractivity contribution in [3.63, 3.8) is 0 Å². The SMILES string of the molecule is O=C(c1cn(Cc2ccccc2)nn1)N1CCc2[nH]ncc2C1. The minimum atomic E-state index is -0.0869. The number of benzene rings is 1. The standard InChI is InChI=1S/C16H16N6O/c23-16(21-7-6-14-13(10-21)8-17-18-14)15-11-22(20-19-15)9-12-4-2-1-3-5-12/h1-5,8,11H,6-7,9-10H2,(H,17,18). The second-order valence-electron chi connectivity index (χ2n) is 5.64. The van der Waals surface area contributed by atoms with Crippen molar-refractivity contribution < 1.29 is 4.79 Å². The predicted molar refractivity (Wildman–Crippen MR) is 82.6 cm³/mol. The zero-order valence-corrected chi connectivity index (χ0v) is 12.5. The molecule has 2 aromatic heterocycles. The predicted octanol–water partition coefficient (Wildman–Crippen LogP) is 1.25. The molecule has 23 heavy (non-hydrogen) atoms. The Kier molecular flexibility index (Phi) is 3.38. The van der Waals surface area contributed by atoms with Crippen molar-refractivity contribution in [2.24, 2.45) is 0 Å². The minimum absolute atomic E-state index is 0.0869. The van der Waals surface area contributed by atoms with Gasteiger partial charge in [-0.05, 0) is 5.56 Å². The van der Waals surface area contributed by atoms with E-state index in [0.717, 1.165) is 23.2 Å². The summed E-state index contributed by atoms with van der Waals surface area (Å²) in [6.45, 7) is 1.84. The van der Waals surface area contributed by atoms with Gasteiger partial charge in [-0.3, -0.25) is 9.89 Å². The molecule has 0 atom stereocenters. The molecule has 7 heteroatoms. The summed E-state index contributed by atoms with van der Waals surface area (Å²) in [7, 11) is 0. The number of aromatic amines is 1. The molecule has 3 heterocycles. The minimum Gasteiger partial charge on any atom is -0.332 e. The first-order valence-corrected chi connectivity index (χ1v) is 7.54. The van der Waals surface area contributed by atoms with E-state index in [1.807, 2.05) is 30.3 Å². The van der Waals surface area contributed by atoms with Crippen LogP contribution in [0.25, 0.3) is 0 Å². The maximum atomic E-state index is 12.6. The third kappa shape index (κ3) is 2.73. The average Bonchev–Trinajstić information content (AvgIpc) is 3.23. The Morgan fingerprint density at radius 2 is 2.13 bits per heavy atom. The number of rotatable bonds is 3. The molecule has 0 fully saturated rings. The lowest BCUT2D eigenvalue weighted by Gasteiger charge is -2.25. The molecular formula is C16H16N6O. The highest BCUT2D eigenvalue weighted by atomic mass is 16.2. The first kappa shape index (κ1) is 13.7. The van der Waals surface area contributed by atoms with Gasteiger partial charge in [0.15, 0.2) is 5.69 Å². The van der Waals surface area contributed by atoms with Crippen molar-refractivity contribution >= 4 is 5.91 Å². The van der Waals surface area contributed by atoms with E-state index in [2.05, 4.69) is 20.5 Å². The zero-order valence-electron chi connectivity index (χ0n) is 12.5. The number of nitrogens with one attached hydrogen (secondary N) is 1. The van der Waals surface area contributed by atoms with Gasteiger partial charge in [0, 0.05) is 30.8 Å². The Morgan fingerprint density at radius 3 is 3.00 bits per heavy atom. The summed E-state index contributed by atoms with van der Waals surface area (Å²) in [6, 6.07) is 9.98. The van der Waals surface area contributed by atoms with Crippen LogP contribution >= 0.6 is 0 Å². The van der Waals surface area contributed by atoms with Crippen molar-refractivity contribution in [1.29, 1.82) is 0 Å². The summed E-state index contributed by atoms with van der Waals surface area (Å²) in [5.74, 6) is -0.0869. The maximum Gasteiger partial charge on any atom is 0.276 e. The van der Waals surface area contributed by atoms with Crippen molar-refractivity contribution in [3.05, 3.63) is 65.2 Å². The smallest absolute Gasteiger partial charge is 0.276 e. The molecule has 1 aliphatic rings. The fraction of sp³-hybridized carbons (Fsp3) is 0.250. The monoisotopic (exact) mass is 308 g/mol. The summed E-state index contributed by atoms with van der Waals surface area (Å²) in [5.41, 5.74) is 3.69. The molecule has 0 radical (unpaired) electrons. The van der Waals surface area contributed by atoms with Crippen LogP contribution < -0.4 is 0 Å². The van der Waals surface area contributed by atoms with Gasteiger partial charge in [0.05, 0.1) is 18.9 Å². The average molecular weight is 308 g/mol. The molecule has 7 nitrogen and oxygen atoms in total. The van der Waals surface area contributed by atoms with Crippen molar-refractivity contribution in [3.8, 4) is 0 Å². The Morgan fingerprint density at radius 1 is 1.26 bits per heavy atom. The van der Waals surface area contributed by atoms with Crippen molar-refractivity contribution in [2.75, 3.05) is 6.54 Å². The van der Waals surface area contributed by atoms with Gasteiger partial charge in [-0.25, -0.2) is 4.68 Å². The van der Waals surface area contributed by atoms with Crippen molar-refractivity contribution in [2.45, 2.75) is 19.5 Å². The van der Waals surface area contributed by atoms with Crippen LogP contribution in [0.3, 0.4) is 0 Å². The number of hydrogen-bond acceptors (Lipinski definition) is 4. The number of H-pyrrole nitrogens is 1. The normalized spacial score (nSPS) is 13.8. The molecule has 4 rings (SSSR count). The number of carbonyl (C=O) groups excluding carboxylic acids is 1. The van der Waals surface area contributed by atoms with Crippen LogP contribution in [-0.2, 0) is 19.5 Å². The first-order valence-electron chi connectivity index (χ1n) is 7.54. The molecule has 1 aromatic carbocycles. The number of hydrogen-bond donors (Lipinski definition) is 1. The van der Waals surface area contributed by atoms with Gasteiger partial charge in [0.1, 0.15) is 0 Å². The molecule has 0 saturated carbocycles. The highest BCUT2D eigenvalue weighted by Gasteiger charge is 2.24. The van der Waals surface area contributed by atoms with Crippen LogP contribution in [0.5, 0.6) is 0 Å². The van der Waals surface area contributed by atoms with Gasteiger partial charge >= 0.3 is 0 Å². The van der Waals surface area contributed by atoms with E-state index in [0.29, 0.717) is 25.3 Å². The Hall–Kier alpha value is -2.96. The Balaban J connectivity index is 1.47. The number of fused-ring (bicyclic) bond motifs is 1. The maximum absolute atomic E-state index is 12.6. The van der Waals surface area contributed by atoms with Crippen LogP contribution in [0.1, 0.15) is 27.3 Å². The van der Waals surface area contributed by atoms with Gasteiger partial charge in [-0.1, -0.05) is 35.5 Å². The summed E-state index contributed by atoms with van der Waals surface area (Å²) in [4.78, 5) is 14.4. The Labute approximate surface area is 132 Å². The van der Waals surface area contributed by atoms with E-state index in [9.17, 15) is 4.79 Å². The van der Waals surface area contributed by atoms with Crippen molar-refractivity contribution in [1.82, 2.24) is 30.1 Å². The van der Waals surface area contributed by atoms with E-state index in [-0.39, 0.29) is 5.91 Å². The highest BCUT2D eigenvalue weighted by molar-refractivity contribution is 5.92. The first-order chi connectivity index (χ1) is 11.3. The summed E-state index contributed by atoms with van der Waals surface area (Å²) in [5, 5.41) is 15.1. The number of carbonyl (C=O) groups is 1. The lowest BCUT2D eigenvalue weighted by atomic mass is 10.1. The Bertz CT molecular complexity index is 822. The topological polar surface area (TPSA) is 79.7 Å². The van der Waals surface area contributed by atoms with Gasteiger partial charge in [-0.2, -0.15) is 5.10 Å². The molecule has 1 amide bonds. The highest BCUT2D eigenvalue weighted by Crippen LogP contribution is 2.17. The lowest BCUT2D eigenvalue weighted by molar-refractivity contribution is 0.0728. The number of aromatic nitrogens is 5. The van der Waals surface area contributed by atoms with Crippen LogP contribution in [-0.4, -0.2) is 42.5 Å². The van der Waals surface area contributed by atoms with Crippen LogP contribution in [0.4, 0.5) is 0 Å². The van der Waals surface area contributed by atoms with E-state index in [1.165, 1.54) is 0 Å². The van der Waals surface area contributed by atoms with Gasteiger partial charge in [0.25, 0.3) is 5.91 Å². The second-order valence-corrected chi connectivity index (χ2v) is 5.64.